The third kappa shape index (κ3) is 9.46. The van der Waals surface area contributed by atoms with Gasteiger partial charge >= 0.3 is 0 Å². The van der Waals surface area contributed by atoms with E-state index in [0.717, 1.165) is 0 Å². The number of carbonyl (C=O) groups excluding carboxylic acids is 2. The molecule has 1 saturated carbocycles. The minimum atomic E-state index is -1.81. The number of amides is 2. The Balaban J connectivity index is 1.87. The third-order valence-corrected chi connectivity index (χ3v) is 8.37. The summed E-state index contributed by atoms with van der Waals surface area (Å²) in [7, 11) is 0. The van der Waals surface area contributed by atoms with Gasteiger partial charge < -0.3 is 88.9 Å². The Kier molecular flexibility index (Phi) is 14.7. The van der Waals surface area contributed by atoms with Crippen molar-refractivity contribution in [2.45, 2.75) is 124 Å². The minimum Gasteiger partial charge on any atom is -0.394 e. The van der Waals surface area contributed by atoms with Gasteiger partial charge in [-0.2, -0.15) is 0 Å². The van der Waals surface area contributed by atoms with Gasteiger partial charge in [-0.3, -0.25) is 9.59 Å². The van der Waals surface area contributed by atoms with Gasteiger partial charge in [-0.1, -0.05) is 0 Å². The van der Waals surface area contributed by atoms with E-state index in [1.165, 1.54) is 0 Å². The van der Waals surface area contributed by atoms with E-state index < -0.39 is 104 Å². The van der Waals surface area contributed by atoms with Gasteiger partial charge in [0.25, 0.3) is 0 Å². The summed E-state index contributed by atoms with van der Waals surface area (Å²) in [5, 5.41) is 68.4. The Morgan fingerprint density at radius 3 is 1.98 bits per heavy atom. The number of rotatable bonds is 14. The zero-order valence-corrected chi connectivity index (χ0v) is 25.0. The average Bonchev–Trinajstić information content (AvgIpc) is 3.01. The van der Waals surface area contributed by atoms with Crippen LogP contribution < -0.4 is 39.3 Å². The smallest absolute Gasteiger partial charge is 0.249 e. The van der Waals surface area contributed by atoms with E-state index >= 15 is 0 Å². The van der Waals surface area contributed by atoms with Gasteiger partial charge in [-0.05, 0) is 45.2 Å². The molecule has 2 aliphatic heterocycles. The van der Waals surface area contributed by atoms with Crippen LogP contribution in [0.25, 0.3) is 0 Å². The lowest BCUT2D eigenvalue weighted by atomic mass is 9.83. The van der Waals surface area contributed by atoms with E-state index in [9.17, 15) is 40.2 Å². The molecular weight excluding hydrogens is 602 g/mol. The minimum absolute atomic E-state index is 0.0137. The molecule has 2 saturated heterocycles. The second-order valence-corrected chi connectivity index (χ2v) is 11.7. The highest BCUT2D eigenvalue weighted by Gasteiger charge is 2.52. The van der Waals surface area contributed by atoms with Crippen LogP contribution in [0.1, 0.15) is 32.1 Å². The van der Waals surface area contributed by atoms with Crippen molar-refractivity contribution in [3.05, 3.63) is 0 Å². The second-order valence-electron chi connectivity index (χ2n) is 11.7. The Bertz CT molecular complexity index is 943. The first-order valence-electron chi connectivity index (χ1n) is 15.2. The van der Waals surface area contributed by atoms with Crippen molar-refractivity contribution >= 4 is 11.8 Å². The van der Waals surface area contributed by atoms with Crippen molar-refractivity contribution < 1.29 is 59.2 Å². The lowest BCUT2D eigenvalue weighted by Gasteiger charge is -2.48. The molecule has 45 heavy (non-hydrogen) atoms. The standard InChI is InChI=1S/C26H51N7O12/c27-5-3-14(35)23(40)32-13-7-12(31)21(44-25-11(30)2-1-10(8-29)42-25)20(39)22(13)45-26-19(38)17(18(37)16(9-34)43-26)33-24(41)15(36)4-6-28/h10-22,25-26,34-39H,1-9,27-31H2,(H,32,40)(H,33,41)/t10-,11+,12-,13+,14-,15-,16+,17-,18+,19+,20-,21+,22-,25+,26+/m0/s1. The van der Waals surface area contributed by atoms with Gasteiger partial charge in [-0.25, -0.2) is 0 Å². The predicted octanol–water partition coefficient (Wildman–Crippen LogP) is -7.53. The van der Waals surface area contributed by atoms with Crippen molar-refractivity contribution in [1.29, 1.82) is 0 Å². The molecule has 2 amide bonds. The maximum absolute atomic E-state index is 12.8. The monoisotopic (exact) mass is 653 g/mol. The molecular formula is C26H51N7O12. The fourth-order valence-corrected chi connectivity index (χ4v) is 5.71. The molecule has 0 aromatic rings. The maximum Gasteiger partial charge on any atom is 0.249 e. The van der Waals surface area contributed by atoms with Crippen molar-refractivity contribution in [2.24, 2.45) is 28.7 Å². The van der Waals surface area contributed by atoms with Crippen LogP contribution in [0.4, 0.5) is 0 Å². The number of carbonyl (C=O) groups is 2. The number of hydrogen-bond donors (Lipinski definition) is 13. The number of ether oxygens (including phenoxy) is 4. The van der Waals surface area contributed by atoms with Crippen LogP contribution in [-0.2, 0) is 28.5 Å². The van der Waals surface area contributed by atoms with Crippen LogP contribution in [0.5, 0.6) is 0 Å². The van der Waals surface area contributed by atoms with Crippen LogP contribution >= 0.6 is 0 Å². The topological polar surface area (TPSA) is 347 Å². The van der Waals surface area contributed by atoms with Crippen LogP contribution in [0.3, 0.4) is 0 Å². The molecule has 1 aliphatic carbocycles. The average molecular weight is 654 g/mol. The van der Waals surface area contributed by atoms with Crippen molar-refractivity contribution in [3.63, 3.8) is 0 Å². The summed E-state index contributed by atoms with van der Waals surface area (Å²) in [6.07, 6.45) is -14.2. The van der Waals surface area contributed by atoms with Crippen LogP contribution in [-0.4, -0.2) is 160 Å². The Labute approximate surface area is 260 Å². The van der Waals surface area contributed by atoms with E-state index in [1.54, 1.807) is 0 Å². The van der Waals surface area contributed by atoms with E-state index in [4.69, 9.17) is 47.6 Å². The van der Waals surface area contributed by atoms with Crippen LogP contribution in [0, 0.1) is 0 Å². The first kappa shape index (κ1) is 37.8. The molecule has 0 spiro atoms. The third-order valence-electron chi connectivity index (χ3n) is 8.37. The quantitative estimate of drug-likeness (QED) is 0.0827. The van der Waals surface area contributed by atoms with Crippen LogP contribution in [0.2, 0.25) is 0 Å². The van der Waals surface area contributed by atoms with Gasteiger partial charge in [0.05, 0.1) is 30.8 Å². The molecule has 2 heterocycles. The van der Waals surface area contributed by atoms with Gasteiger partial charge in [0.1, 0.15) is 48.8 Å². The number of aliphatic hydroxyl groups excluding tert-OH is 6. The molecule has 0 aromatic heterocycles. The summed E-state index contributed by atoms with van der Waals surface area (Å²) in [5.74, 6) is -1.77. The van der Waals surface area contributed by atoms with Gasteiger partial charge in [0, 0.05) is 12.6 Å². The fraction of sp³-hybridized carbons (Fsp3) is 0.923. The summed E-state index contributed by atoms with van der Waals surface area (Å²) >= 11 is 0. The molecule has 0 radical (unpaired) electrons. The number of hydrogen-bond acceptors (Lipinski definition) is 17. The summed E-state index contributed by atoms with van der Waals surface area (Å²) in [6.45, 7) is -0.546. The molecule has 3 fully saturated rings. The maximum atomic E-state index is 12.8. The fourth-order valence-electron chi connectivity index (χ4n) is 5.71. The summed E-state index contributed by atoms with van der Waals surface area (Å²) in [5.41, 5.74) is 29.2. The van der Waals surface area contributed by atoms with Gasteiger partial charge in [-0.15, -0.1) is 0 Å². The van der Waals surface area contributed by atoms with E-state index in [2.05, 4.69) is 10.6 Å². The zero-order chi connectivity index (χ0) is 33.4. The molecule has 19 heteroatoms. The first-order valence-corrected chi connectivity index (χ1v) is 15.2. The summed E-state index contributed by atoms with van der Waals surface area (Å²) < 4.78 is 23.5. The van der Waals surface area contributed by atoms with Crippen LogP contribution in [0.15, 0.2) is 0 Å². The first-order chi connectivity index (χ1) is 21.4. The normalized spacial score (nSPS) is 40.4. The predicted molar refractivity (Wildman–Crippen MR) is 154 cm³/mol. The molecule has 18 N–H and O–H groups in total. The van der Waals surface area contributed by atoms with Gasteiger partial charge in [0.2, 0.25) is 11.8 Å². The van der Waals surface area contributed by atoms with Crippen molar-refractivity contribution in [1.82, 2.24) is 10.6 Å². The summed E-state index contributed by atoms with van der Waals surface area (Å²) in [4.78, 5) is 25.3. The highest BCUT2D eigenvalue weighted by atomic mass is 16.7. The number of aliphatic hydroxyl groups is 6. The highest BCUT2D eigenvalue weighted by Crippen LogP contribution is 2.32. The van der Waals surface area contributed by atoms with E-state index in [1.807, 2.05) is 0 Å². The number of nitrogens with one attached hydrogen (secondary N) is 2. The van der Waals surface area contributed by atoms with Gasteiger partial charge in [0.15, 0.2) is 12.6 Å². The lowest BCUT2D eigenvalue weighted by Crippen LogP contribution is -2.70. The second kappa shape index (κ2) is 17.5. The molecule has 0 unspecified atom stereocenters. The molecule has 3 rings (SSSR count). The SMILES string of the molecule is NCC[C@H](O)C(=O)N[C@@H]1[C@@H](O)[C@@H](O[C@@H]2[C@@H](O)[C@H](O[C@H]3O[C@H](CN)CC[C@H]3N)[C@@H](N)C[C@H]2NC(=O)[C@@H](O)CCN)O[C@H](CO)[C@H]1O. The Morgan fingerprint density at radius 1 is 0.800 bits per heavy atom. The Morgan fingerprint density at radius 2 is 1.40 bits per heavy atom. The molecule has 0 aromatic carbocycles. The van der Waals surface area contributed by atoms with Crippen molar-refractivity contribution in [3.8, 4) is 0 Å². The summed E-state index contributed by atoms with van der Waals surface area (Å²) in [6, 6.07) is -4.06. The molecule has 15 atom stereocenters. The van der Waals surface area contributed by atoms with E-state index in [-0.39, 0.29) is 45.0 Å². The molecule has 0 bridgehead atoms. The van der Waals surface area contributed by atoms with E-state index in [0.29, 0.717) is 12.8 Å². The zero-order valence-electron chi connectivity index (χ0n) is 25.0. The highest BCUT2D eigenvalue weighted by molar-refractivity contribution is 5.81. The molecule has 19 nitrogen and oxygen atoms in total. The molecule has 262 valence electrons. The largest absolute Gasteiger partial charge is 0.394 e. The van der Waals surface area contributed by atoms with Crippen molar-refractivity contribution in [2.75, 3.05) is 26.2 Å². The lowest BCUT2D eigenvalue weighted by molar-refractivity contribution is -0.315. The number of nitrogens with two attached hydrogens (primary N) is 5. The Hall–Kier alpha value is -1.66. The molecule has 3 aliphatic rings.